The van der Waals surface area contributed by atoms with Crippen molar-refractivity contribution in [1.82, 2.24) is 14.7 Å². The van der Waals surface area contributed by atoms with Gasteiger partial charge in [0.2, 0.25) is 0 Å². The molecule has 2 heterocycles. The van der Waals surface area contributed by atoms with Gasteiger partial charge >= 0.3 is 0 Å². The second-order valence-corrected chi connectivity index (χ2v) is 10.1. The zero-order chi connectivity index (χ0) is 22.3. The van der Waals surface area contributed by atoms with Crippen LogP contribution in [-0.2, 0) is 0 Å². The van der Waals surface area contributed by atoms with Crippen molar-refractivity contribution in [2.75, 3.05) is 0 Å². The first-order chi connectivity index (χ1) is 14.6. The Morgan fingerprint density at radius 1 is 0.968 bits per heavy atom. The number of carbonyl (C=O) groups is 1. The summed E-state index contributed by atoms with van der Waals surface area (Å²) in [5, 5.41) is 4.33. The van der Waals surface area contributed by atoms with Crippen molar-refractivity contribution in [1.29, 1.82) is 0 Å². The summed E-state index contributed by atoms with van der Waals surface area (Å²) in [5.74, 6) is -0.186. The first kappa shape index (κ1) is 21.9. The van der Waals surface area contributed by atoms with E-state index in [1.54, 1.807) is 6.07 Å². The summed E-state index contributed by atoms with van der Waals surface area (Å²) in [6.45, 7) is 5.85. The predicted molar refractivity (Wildman–Crippen MR) is 131 cm³/mol. The largest absolute Gasteiger partial charge is 0.347 e. The van der Waals surface area contributed by atoms with Crippen molar-refractivity contribution in [3.8, 4) is 22.5 Å². The van der Waals surface area contributed by atoms with Crippen molar-refractivity contribution in [2.24, 2.45) is 0 Å². The minimum atomic E-state index is -0.374. The standard InChI is InChI=1S/C24H20BrCl2N3O/c1-24(2,3)29-23(31)19-12-16(25)13-30-21(15-6-10-18(27)11-7-15)20(28-22(19)30)14-4-8-17(26)9-5-14/h4-13H,1-3H3,(H,29,31). The van der Waals surface area contributed by atoms with E-state index in [-0.39, 0.29) is 11.4 Å². The second-order valence-electron chi connectivity index (χ2n) is 8.29. The van der Waals surface area contributed by atoms with Crippen LogP contribution >= 0.6 is 39.1 Å². The molecule has 4 rings (SSSR count). The number of nitrogens with one attached hydrogen (secondary N) is 1. The highest BCUT2D eigenvalue weighted by molar-refractivity contribution is 9.10. The molecule has 0 spiro atoms. The van der Waals surface area contributed by atoms with Crippen LogP contribution in [0.2, 0.25) is 10.0 Å². The van der Waals surface area contributed by atoms with E-state index in [1.807, 2.05) is 79.9 Å². The van der Waals surface area contributed by atoms with Crippen LogP contribution in [0, 0.1) is 0 Å². The van der Waals surface area contributed by atoms with Crippen molar-refractivity contribution in [3.05, 3.63) is 80.9 Å². The molecule has 4 aromatic rings. The third-order valence-electron chi connectivity index (χ3n) is 4.66. The molecule has 0 unspecified atom stereocenters. The zero-order valence-electron chi connectivity index (χ0n) is 17.2. The maximum Gasteiger partial charge on any atom is 0.255 e. The Bertz CT molecular complexity index is 1270. The number of hydrogen-bond acceptors (Lipinski definition) is 2. The van der Waals surface area contributed by atoms with Gasteiger partial charge < -0.3 is 5.32 Å². The number of amides is 1. The highest BCUT2D eigenvalue weighted by Crippen LogP contribution is 2.35. The van der Waals surface area contributed by atoms with Crippen LogP contribution in [0.15, 0.2) is 65.3 Å². The number of hydrogen-bond donors (Lipinski definition) is 1. The highest BCUT2D eigenvalue weighted by Gasteiger charge is 2.23. The minimum absolute atomic E-state index is 0.186. The highest BCUT2D eigenvalue weighted by atomic mass is 79.9. The molecule has 4 nitrogen and oxygen atoms in total. The molecule has 158 valence electrons. The SMILES string of the molecule is CC(C)(C)NC(=O)c1cc(Br)cn2c(-c3ccc(Cl)cc3)c(-c3ccc(Cl)cc3)nc12. The molecule has 0 saturated heterocycles. The number of rotatable bonds is 3. The van der Waals surface area contributed by atoms with Crippen LogP contribution in [0.1, 0.15) is 31.1 Å². The van der Waals surface area contributed by atoms with Gasteiger partial charge in [0.25, 0.3) is 5.91 Å². The fourth-order valence-corrected chi connectivity index (χ4v) is 4.06. The third kappa shape index (κ3) is 4.64. The van der Waals surface area contributed by atoms with Crippen LogP contribution in [0.3, 0.4) is 0 Å². The van der Waals surface area contributed by atoms with Gasteiger partial charge in [-0.2, -0.15) is 0 Å². The van der Waals surface area contributed by atoms with E-state index >= 15 is 0 Å². The summed E-state index contributed by atoms with van der Waals surface area (Å²) < 4.78 is 2.71. The topological polar surface area (TPSA) is 46.4 Å². The van der Waals surface area contributed by atoms with Gasteiger partial charge in [0, 0.05) is 37.4 Å². The quantitative estimate of drug-likeness (QED) is 0.311. The molecule has 0 fully saturated rings. The average Bonchev–Trinajstić information content (AvgIpc) is 3.06. The second kappa shape index (κ2) is 8.30. The Kier molecular flexibility index (Phi) is 5.86. The van der Waals surface area contributed by atoms with E-state index < -0.39 is 0 Å². The van der Waals surface area contributed by atoms with Gasteiger partial charge in [-0.05, 0) is 67.0 Å². The van der Waals surface area contributed by atoms with Gasteiger partial charge in [-0.3, -0.25) is 9.20 Å². The van der Waals surface area contributed by atoms with Crippen LogP contribution in [0.4, 0.5) is 0 Å². The summed E-state index contributed by atoms with van der Waals surface area (Å²) in [7, 11) is 0. The number of nitrogens with zero attached hydrogens (tertiary/aromatic N) is 2. The summed E-state index contributed by atoms with van der Waals surface area (Å²) in [5.41, 5.74) is 4.13. The van der Waals surface area contributed by atoms with Crippen molar-refractivity contribution < 1.29 is 4.79 Å². The molecule has 0 radical (unpaired) electrons. The lowest BCUT2D eigenvalue weighted by molar-refractivity contribution is 0.0920. The van der Waals surface area contributed by atoms with Gasteiger partial charge in [0.15, 0.2) is 5.65 Å². The molecular weight excluding hydrogens is 497 g/mol. The lowest BCUT2D eigenvalue weighted by atomic mass is 10.0. The molecule has 0 saturated carbocycles. The van der Waals surface area contributed by atoms with Gasteiger partial charge in [0.05, 0.1) is 17.0 Å². The minimum Gasteiger partial charge on any atom is -0.347 e. The number of carbonyl (C=O) groups excluding carboxylic acids is 1. The maximum absolute atomic E-state index is 13.1. The normalized spacial score (nSPS) is 11.7. The Labute approximate surface area is 199 Å². The van der Waals surface area contributed by atoms with Gasteiger partial charge in [-0.25, -0.2) is 4.98 Å². The number of benzene rings is 2. The molecule has 2 aromatic heterocycles. The number of fused-ring (bicyclic) bond motifs is 1. The third-order valence-corrected chi connectivity index (χ3v) is 5.59. The molecule has 2 aromatic carbocycles. The first-order valence-electron chi connectivity index (χ1n) is 9.68. The van der Waals surface area contributed by atoms with Gasteiger partial charge in [-0.1, -0.05) is 47.5 Å². The molecule has 0 aliphatic heterocycles. The van der Waals surface area contributed by atoms with E-state index in [4.69, 9.17) is 28.2 Å². The molecular formula is C24H20BrCl2N3O. The molecule has 0 bridgehead atoms. The van der Waals surface area contributed by atoms with Crippen LogP contribution < -0.4 is 5.32 Å². The molecule has 0 atom stereocenters. The molecule has 31 heavy (non-hydrogen) atoms. The monoisotopic (exact) mass is 515 g/mol. The molecule has 7 heteroatoms. The van der Waals surface area contributed by atoms with Crippen molar-refractivity contribution in [2.45, 2.75) is 26.3 Å². The smallest absolute Gasteiger partial charge is 0.255 e. The van der Waals surface area contributed by atoms with E-state index in [2.05, 4.69) is 21.2 Å². The summed E-state index contributed by atoms with van der Waals surface area (Å²) in [6.07, 6.45) is 1.92. The van der Waals surface area contributed by atoms with Crippen LogP contribution in [0.5, 0.6) is 0 Å². The molecule has 0 aliphatic carbocycles. The summed E-state index contributed by atoms with van der Waals surface area (Å²) in [6, 6.07) is 16.9. The Balaban J connectivity index is 2.02. The first-order valence-corrected chi connectivity index (χ1v) is 11.2. The number of pyridine rings is 1. The fourth-order valence-electron chi connectivity index (χ4n) is 3.38. The van der Waals surface area contributed by atoms with E-state index in [9.17, 15) is 4.79 Å². The van der Waals surface area contributed by atoms with Gasteiger partial charge in [-0.15, -0.1) is 0 Å². The lowest BCUT2D eigenvalue weighted by Crippen LogP contribution is -2.40. The predicted octanol–water partition coefficient (Wildman–Crippen LogP) is 7.27. The summed E-state index contributed by atoms with van der Waals surface area (Å²) >= 11 is 15.8. The van der Waals surface area contributed by atoms with Gasteiger partial charge in [0.1, 0.15) is 0 Å². The number of imidazole rings is 1. The number of halogens is 3. The Hall–Kier alpha value is -2.34. The average molecular weight is 517 g/mol. The lowest BCUT2D eigenvalue weighted by Gasteiger charge is -2.20. The zero-order valence-corrected chi connectivity index (χ0v) is 20.3. The Morgan fingerprint density at radius 3 is 2.06 bits per heavy atom. The van der Waals surface area contributed by atoms with Crippen molar-refractivity contribution >= 4 is 50.7 Å². The van der Waals surface area contributed by atoms with E-state index in [0.717, 1.165) is 27.0 Å². The fraction of sp³-hybridized carbons (Fsp3) is 0.167. The summed E-state index contributed by atoms with van der Waals surface area (Å²) in [4.78, 5) is 18.0. The Morgan fingerprint density at radius 2 is 1.52 bits per heavy atom. The van der Waals surface area contributed by atoms with Crippen LogP contribution in [0.25, 0.3) is 28.2 Å². The van der Waals surface area contributed by atoms with Crippen LogP contribution in [-0.4, -0.2) is 20.8 Å². The van der Waals surface area contributed by atoms with Crippen molar-refractivity contribution in [3.63, 3.8) is 0 Å². The molecule has 1 amide bonds. The van der Waals surface area contributed by atoms with E-state index in [1.165, 1.54) is 0 Å². The molecule has 1 N–H and O–H groups in total. The van der Waals surface area contributed by atoms with E-state index in [0.29, 0.717) is 21.3 Å². The maximum atomic E-state index is 13.1. The number of aromatic nitrogens is 2. The molecule has 0 aliphatic rings.